The number of nitriles is 1. The van der Waals surface area contributed by atoms with Crippen molar-refractivity contribution < 1.29 is 4.74 Å². The van der Waals surface area contributed by atoms with Crippen molar-refractivity contribution in [1.29, 1.82) is 5.26 Å². The summed E-state index contributed by atoms with van der Waals surface area (Å²) in [6, 6.07) is 8.16. The molecule has 0 aromatic heterocycles. The van der Waals surface area contributed by atoms with Crippen LogP contribution in [-0.4, -0.2) is 19.3 Å². The maximum Gasteiger partial charge on any atom is 0.100 e. The van der Waals surface area contributed by atoms with Gasteiger partial charge in [0.05, 0.1) is 18.2 Å². The van der Waals surface area contributed by atoms with Crippen LogP contribution in [0.4, 0.5) is 5.69 Å². The average molecular weight is 267 g/mol. The number of nitrogens with zero attached hydrogens (tertiary/aromatic N) is 1. The number of halogens is 1. The van der Waals surface area contributed by atoms with Crippen molar-refractivity contribution >= 4 is 21.6 Å². The summed E-state index contributed by atoms with van der Waals surface area (Å²) in [5, 5.41) is 12.1. The fourth-order valence-corrected chi connectivity index (χ4v) is 2.05. The molecule has 2 rings (SSSR count). The van der Waals surface area contributed by atoms with Crippen molar-refractivity contribution in [1.82, 2.24) is 0 Å². The highest BCUT2D eigenvalue weighted by atomic mass is 79.9. The molecule has 1 saturated heterocycles. The number of benzene rings is 1. The maximum absolute atomic E-state index is 8.77. The SMILES string of the molecule is N#Cc1ccc(NC2CCOC2)cc1Br. The van der Waals surface area contributed by atoms with Crippen LogP contribution in [0.25, 0.3) is 0 Å². The Morgan fingerprint density at radius 2 is 2.40 bits per heavy atom. The molecule has 0 spiro atoms. The van der Waals surface area contributed by atoms with E-state index in [2.05, 4.69) is 27.3 Å². The van der Waals surface area contributed by atoms with E-state index in [1.165, 1.54) is 0 Å². The van der Waals surface area contributed by atoms with Crippen LogP contribution >= 0.6 is 15.9 Å². The number of hydrogen-bond acceptors (Lipinski definition) is 3. The first-order chi connectivity index (χ1) is 7.29. The normalized spacial score (nSPS) is 19.9. The first-order valence-electron chi connectivity index (χ1n) is 4.83. The third kappa shape index (κ3) is 2.49. The van der Waals surface area contributed by atoms with Gasteiger partial charge in [-0.2, -0.15) is 5.26 Å². The Morgan fingerprint density at radius 3 is 3.00 bits per heavy atom. The van der Waals surface area contributed by atoms with Gasteiger partial charge in [0.1, 0.15) is 6.07 Å². The molecule has 3 nitrogen and oxygen atoms in total. The van der Waals surface area contributed by atoms with E-state index in [9.17, 15) is 0 Å². The summed E-state index contributed by atoms with van der Waals surface area (Å²) in [6.07, 6.45) is 1.04. The molecule has 1 N–H and O–H groups in total. The zero-order valence-corrected chi connectivity index (χ0v) is 9.75. The van der Waals surface area contributed by atoms with Crippen molar-refractivity contribution in [2.24, 2.45) is 0 Å². The van der Waals surface area contributed by atoms with E-state index in [-0.39, 0.29) is 0 Å². The molecule has 4 heteroatoms. The van der Waals surface area contributed by atoms with E-state index >= 15 is 0 Å². The molecule has 1 aliphatic heterocycles. The van der Waals surface area contributed by atoms with Crippen molar-refractivity contribution in [3.05, 3.63) is 28.2 Å². The third-order valence-corrected chi connectivity index (χ3v) is 3.05. The molecule has 0 saturated carbocycles. The van der Waals surface area contributed by atoms with Gasteiger partial charge in [-0.15, -0.1) is 0 Å². The summed E-state index contributed by atoms with van der Waals surface area (Å²) >= 11 is 3.36. The molecule has 1 atom stereocenters. The van der Waals surface area contributed by atoms with Gasteiger partial charge >= 0.3 is 0 Å². The first kappa shape index (κ1) is 10.5. The van der Waals surface area contributed by atoms with Crippen molar-refractivity contribution in [2.45, 2.75) is 12.5 Å². The lowest BCUT2D eigenvalue weighted by Crippen LogP contribution is -2.18. The fourth-order valence-electron chi connectivity index (χ4n) is 1.58. The minimum atomic E-state index is 0.393. The first-order valence-corrected chi connectivity index (χ1v) is 5.63. The second-order valence-electron chi connectivity index (χ2n) is 3.51. The number of nitrogens with one attached hydrogen (secondary N) is 1. The molecule has 15 heavy (non-hydrogen) atoms. The zero-order chi connectivity index (χ0) is 10.7. The van der Waals surface area contributed by atoms with E-state index in [0.29, 0.717) is 11.6 Å². The lowest BCUT2D eigenvalue weighted by molar-refractivity contribution is 0.195. The van der Waals surface area contributed by atoms with E-state index in [4.69, 9.17) is 10.00 Å². The second kappa shape index (κ2) is 4.65. The highest BCUT2D eigenvalue weighted by Crippen LogP contribution is 2.22. The molecule has 1 aromatic rings. The van der Waals surface area contributed by atoms with Crippen LogP contribution < -0.4 is 5.32 Å². The van der Waals surface area contributed by atoms with Gasteiger partial charge in [-0.3, -0.25) is 0 Å². The van der Waals surface area contributed by atoms with Gasteiger partial charge in [-0.25, -0.2) is 0 Å². The van der Waals surface area contributed by atoms with Crippen LogP contribution in [0.15, 0.2) is 22.7 Å². The van der Waals surface area contributed by atoms with Gasteiger partial charge in [-0.05, 0) is 40.5 Å². The van der Waals surface area contributed by atoms with Crippen LogP contribution in [0.1, 0.15) is 12.0 Å². The monoisotopic (exact) mass is 266 g/mol. The Balaban J connectivity index is 2.09. The van der Waals surface area contributed by atoms with E-state index in [1.54, 1.807) is 0 Å². The van der Waals surface area contributed by atoms with Crippen molar-refractivity contribution in [3.63, 3.8) is 0 Å². The highest BCUT2D eigenvalue weighted by Gasteiger charge is 2.15. The molecular formula is C11H11BrN2O. The Hall–Kier alpha value is -1.05. The standard InChI is InChI=1S/C11H11BrN2O/c12-11-5-9(2-1-8(11)6-13)14-10-3-4-15-7-10/h1-2,5,10,14H,3-4,7H2. The van der Waals surface area contributed by atoms with Crippen LogP contribution in [0.5, 0.6) is 0 Å². The Morgan fingerprint density at radius 1 is 1.53 bits per heavy atom. The number of rotatable bonds is 2. The fraction of sp³-hybridized carbons (Fsp3) is 0.364. The van der Waals surface area contributed by atoms with Crippen LogP contribution in [0.3, 0.4) is 0 Å². The summed E-state index contributed by atoms with van der Waals surface area (Å²) in [5.41, 5.74) is 1.68. The second-order valence-corrected chi connectivity index (χ2v) is 4.37. The molecule has 1 fully saturated rings. The third-order valence-electron chi connectivity index (χ3n) is 2.39. The minimum Gasteiger partial charge on any atom is -0.380 e. The molecule has 1 heterocycles. The Labute approximate surface area is 97.2 Å². The summed E-state index contributed by atoms with van der Waals surface area (Å²) in [5.74, 6) is 0. The van der Waals surface area contributed by atoms with Gasteiger partial charge in [0.25, 0.3) is 0 Å². The van der Waals surface area contributed by atoms with Crippen LogP contribution in [0, 0.1) is 11.3 Å². The number of hydrogen-bond donors (Lipinski definition) is 1. The van der Waals surface area contributed by atoms with E-state index in [0.717, 1.165) is 29.8 Å². The Kier molecular flexibility index (Phi) is 3.24. The van der Waals surface area contributed by atoms with Gasteiger partial charge in [-0.1, -0.05) is 0 Å². The van der Waals surface area contributed by atoms with Gasteiger partial charge < -0.3 is 10.1 Å². The summed E-state index contributed by atoms with van der Waals surface area (Å²) in [6.45, 7) is 1.59. The lowest BCUT2D eigenvalue weighted by atomic mass is 10.2. The maximum atomic E-state index is 8.77. The molecule has 78 valence electrons. The van der Waals surface area contributed by atoms with Crippen LogP contribution in [0.2, 0.25) is 0 Å². The summed E-state index contributed by atoms with van der Waals surface area (Å²) < 4.78 is 6.11. The molecule has 0 bridgehead atoms. The topological polar surface area (TPSA) is 45.0 Å². The summed E-state index contributed by atoms with van der Waals surface area (Å²) in [4.78, 5) is 0. The molecule has 1 unspecified atom stereocenters. The predicted molar refractivity (Wildman–Crippen MR) is 61.7 cm³/mol. The molecular weight excluding hydrogens is 256 g/mol. The van der Waals surface area contributed by atoms with Crippen molar-refractivity contribution in [2.75, 3.05) is 18.5 Å². The van der Waals surface area contributed by atoms with E-state index < -0.39 is 0 Å². The quantitative estimate of drug-likeness (QED) is 0.895. The zero-order valence-electron chi connectivity index (χ0n) is 8.16. The molecule has 1 aliphatic rings. The van der Waals surface area contributed by atoms with Crippen LogP contribution in [-0.2, 0) is 4.74 Å². The molecule has 0 amide bonds. The minimum absolute atomic E-state index is 0.393. The smallest absolute Gasteiger partial charge is 0.100 e. The Bertz CT molecular complexity index is 394. The largest absolute Gasteiger partial charge is 0.380 e. The number of ether oxygens (including phenoxy) is 1. The molecule has 0 radical (unpaired) electrons. The van der Waals surface area contributed by atoms with Gasteiger partial charge in [0.2, 0.25) is 0 Å². The highest BCUT2D eigenvalue weighted by molar-refractivity contribution is 9.10. The van der Waals surface area contributed by atoms with Gasteiger partial charge in [0.15, 0.2) is 0 Å². The van der Waals surface area contributed by atoms with Gasteiger partial charge in [0, 0.05) is 16.8 Å². The van der Waals surface area contributed by atoms with Crippen molar-refractivity contribution in [3.8, 4) is 6.07 Å². The lowest BCUT2D eigenvalue weighted by Gasteiger charge is -2.12. The summed E-state index contributed by atoms with van der Waals surface area (Å²) in [7, 11) is 0. The number of anilines is 1. The molecule has 0 aliphatic carbocycles. The average Bonchev–Trinajstić information content (AvgIpc) is 2.71. The van der Waals surface area contributed by atoms with E-state index in [1.807, 2.05) is 18.2 Å². The molecule has 1 aromatic carbocycles. The predicted octanol–water partition coefficient (Wildman–Crippen LogP) is 2.52.